The Bertz CT molecular complexity index is 295. The van der Waals surface area contributed by atoms with Gasteiger partial charge in [-0.2, -0.15) is 0 Å². The molecule has 7 heteroatoms. The number of hydrogen-bond acceptors (Lipinski definition) is 7. The number of nitrogens with one attached hydrogen (secondary N) is 1. The van der Waals surface area contributed by atoms with Gasteiger partial charge in [0.05, 0.1) is 4.21 Å². The van der Waals surface area contributed by atoms with Crippen LogP contribution in [-0.4, -0.2) is 33.6 Å². The molecular formula is C6H10N2O3S2. The van der Waals surface area contributed by atoms with E-state index in [0.29, 0.717) is 9.34 Å². The Morgan fingerprint density at radius 3 is 2.38 bits per heavy atom. The Kier molecular flexibility index (Phi) is 3.14. The highest BCUT2D eigenvalue weighted by Gasteiger charge is 2.29. The van der Waals surface area contributed by atoms with Gasteiger partial charge in [-0.1, -0.05) is 11.3 Å². The molecule has 0 unspecified atom stereocenters. The van der Waals surface area contributed by atoms with E-state index in [1.54, 1.807) is 13.3 Å². The molecule has 0 spiro atoms. The monoisotopic (exact) mass is 222 g/mol. The summed E-state index contributed by atoms with van der Waals surface area (Å²) in [6.07, 6.45) is 1.77. The lowest BCUT2D eigenvalue weighted by Crippen LogP contribution is -2.25. The quantitative estimate of drug-likeness (QED) is 0.425. The van der Waals surface area contributed by atoms with E-state index in [4.69, 9.17) is 15.3 Å². The number of aromatic nitrogens is 1. The molecule has 0 aliphatic heterocycles. The molecular weight excluding hydrogens is 212 g/mol. The number of nitrogens with zero attached hydrogens (tertiary/aromatic N) is 1. The number of thioether (sulfide) groups is 1. The third-order valence-electron chi connectivity index (χ3n) is 1.31. The number of hydrogen-bond donors (Lipinski definition) is 4. The van der Waals surface area contributed by atoms with Crippen LogP contribution >= 0.6 is 23.1 Å². The molecule has 0 fully saturated rings. The van der Waals surface area contributed by atoms with E-state index in [9.17, 15) is 0 Å². The number of anilines is 1. The van der Waals surface area contributed by atoms with Crippen molar-refractivity contribution >= 4 is 28.2 Å². The topological polar surface area (TPSA) is 85.6 Å². The van der Waals surface area contributed by atoms with Crippen molar-refractivity contribution in [3.05, 3.63) is 5.69 Å². The van der Waals surface area contributed by atoms with Crippen molar-refractivity contribution in [1.82, 2.24) is 4.98 Å². The molecule has 4 N–H and O–H groups in total. The predicted octanol–water partition coefficient (Wildman–Crippen LogP) is -0.00610. The molecule has 1 rings (SSSR count). The first kappa shape index (κ1) is 10.7. The van der Waals surface area contributed by atoms with E-state index in [1.165, 1.54) is 23.1 Å². The molecule has 0 bridgehead atoms. The van der Waals surface area contributed by atoms with Gasteiger partial charge in [0.1, 0.15) is 0 Å². The van der Waals surface area contributed by atoms with Crippen molar-refractivity contribution in [3.8, 4) is 0 Å². The Balaban J connectivity index is 3.11. The van der Waals surface area contributed by atoms with Crippen LogP contribution < -0.4 is 5.32 Å². The van der Waals surface area contributed by atoms with Crippen LogP contribution in [0.4, 0.5) is 5.13 Å². The lowest BCUT2D eigenvalue weighted by Gasteiger charge is -2.11. The van der Waals surface area contributed by atoms with Crippen LogP contribution in [0, 0.1) is 0 Å². The van der Waals surface area contributed by atoms with E-state index in [2.05, 4.69) is 10.3 Å². The first-order valence-corrected chi connectivity index (χ1v) is 5.43. The molecule has 0 radical (unpaired) electrons. The normalized spacial score (nSPS) is 11.8. The summed E-state index contributed by atoms with van der Waals surface area (Å²) in [4.78, 5) is 3.81. The van der Waals surface area contributed by atoms with Gasteiger partial charge in [0.15, 0.2) is 10.8 Å². The van der Waals surface area contributed by atoms with Crippen LogP contribution in [-0.2, 0) is 5.97 Å². The fourth-order valence-corrected chi connectivity index (χ4v) is 2.40. The highest BCUT2D eigenvalue weighted by molar-refractivity contribution is 8.00. The first-order chi connectivity index (χ1) is 5.99. The Morgan fingerprint density at radius 2 is 2.08 bits per heavy atom. The number of thiazole rings is 1. The van der Waals surface area contributed by atoms with Gasteiger partial charge >= 0.3 is 5.97 Å². The second-order valence-corrected chi connectivity index (χ2v) is 4.32. The lowest BCUT2D eigenvalue weighted by molar-refractivity contribution is -0.327. The Labute approximate surface area is 83.4 Å². The molecule has 0 amide bonds. The van der Waals surface area contributed by atoms with Gasteiger partial charge in [-0.25, -0.2) is 4.98 Å². The highest BCUT2D eigenvalue weighted by Crippen LogP contribution is 2.34. The van der Waals surface area contributed by atoms with E-state index in [0.717, 1.165) is 0 Å². The molecule has 0 atom stereocenters. The fraction of sp³-hybridized carbons (Fsp3) is 0.500. The van der Waals surface area contributed by atoms with Crippen LogP contribution in [0.25, 0.3) is 0 Å². The second-order valence-electron chi connectivity index (χ2n) is 2.24. The first-order valence-electron chi connectivity index (χ1n) is 3.39. The minimum Gasteiger partial charge on any atom is -0.365 e. The Morgan fingerprint density at radius 1 is 1.46 bits per heavy atom. The molecule has 0 saturated heterocycles. The van der Waals surface area contributed by atoms with Gasteiger partial charge in [-0.05, 0) is 6.26 Å². The molecule has 13 heavy (non-hydrogen) atoms. The van der Waals surface area contributed by atoms with Crippen molar-refractivity contribution in [2.75, 3.05) is 18.6 Å². The van der Waals surface area contributed by atoms with Gasteiger partial charge in [-0.15, -0.1) is 11.8 Å². The zero-order chi connectivity index (χ0) is 10.1. The molecule has 74 valence electrons. The van der Waals surface area contributed by atoms with E-state index in [1.807, 2.05) is 0 Å². The summed E-state index contributed by atoms with van der Waals surface area (Å²) in [6, 6.07) is 0. The van der Waals surface area contributed by atoms with Gasteiger partial charge in [0.25, 0.3) is 0 Å². The zero-order valence-electron chi connectivity index (χ0n) is 7.11. The minimum absolute atomic E-state index is 0.130. The number of aliphatic hydroxyl groups is 3. The molecule has 0 aromatic carbocycles. The average Bonchev–Trinajstić information content (AvgIpc) is 2.46. The summed E-state index contributed by atoms with van der Waals surface area (Å²) in [5.41, 5.74) is -0.130. The molecule has 1 heterocycles. The summed E-state index contributed by atoms with van der Waals surface area (Å²) >= 11 is 2.54. The zero-order valence-corrected chi connectivity index (χ0v) is 8.74. The van der Waals surface area contributed by atoms with Gasteiger partial charge in [-0.3, -0.25) is 0 Å². The van der Waals surface area contributed by atoms with Crippen molar-refractivity contribution in [3.63, 3.8) is 0 Å². The maximum atomic E-state index is 8.92. The molecule has 0 saturated carbocycles. The van der Waals surface area contributed by atoms with E-state index < -0.39 is 5.97 Å². The van der Waals surface area contributed by atoms with Crippen LogP contribution in [0.3, 0.4) is 0 Å². The summed E-state index contributed by atoms with van der Waals surface area (Å²) in [6.45, 7) is 0. The second kappa shape index (κ2) is 3.81. The standard InChI is InChI=1S/C6H10N2O3S2/c1-7-5-8-3(6(9,10)11)4(12-2)13-5/h9-11H,1-2H3,(H,7,8). The molecule has 0 aliphatic carbocycles. The molecule has 1 aromatic rings. The van der Waals surface area contributed by atoms with Crippen LogP contribution in [0.1, 0.15) is 5.69 Å². The van der Waals surface area contributed by atoms with Gasteiger partial charge < -0.3 is 20.6 Å². The maximum absolute atomic E-state index is 8.92. The van der Waals surface area contributed by atoms with Gasteiger partial charge in [0, 0.05) is 7.05 Å². The third kappa shape index (κ3) is 2.32. The van der Waals surface area contributed by atoms with Crippen molar-refractivity contribution in [1.29, 1.82) is 0 Å². The summed E-state index contributed by atoms with van der Waals surface area (Å²) in [7, 11) is 1.67. The molecule has 0 aliphatic rings. The van der Waals surface area contributed by atoms with E-state index in [-0.39, 0.29) is 5.69 Å². The van der Waals surface area contributed by atoms with Gasteiger partial charge in [0.2, 0.25) is 0 Å². The molecule has 5 nitrogen and oxygen atoms in total. The summed E-state index contributed by atoms with van der Waals surface area (Å²) < 4.78 is 0.567. The smallest absolute Gasteiger partial charge is 0.324 e. The van der Waals surface area contributed by atoms with Crippen molar-refractivity contribution in [2.24, 2.45) is 0 Å². The lowest BCUT2D eigenvalue weighted by atomic mass is 10.4. The van der Waals surface area contributed by atoms with Crippen LogP contribution in [0.5, 0.6) is 0 Å². The van der Waals surface area contributed by atoms with Crippen molar-refractivity contribution < 1.29 is 15.3 Å². The largest absolute Gasteiger partial charge is 0.365 e. The summed E-state index contributed by atoms with van der Waals surface area (Å²) in [5.74, 6) is -2.86. The number of rotatable bonds is 3. The highest BCUT2D eigenvalue weighted by atomic mass is 32.2. The summed E-state index contributed by atoms with van der Waals surface area (Å²) in [5, 5.41) is 30.1. The third-order valence-corrected chi connectivity index (χ3v) is 3.49. The average molecular weight is 222 g/mol. The van der Waals surface area contributed by atoms with Crippen LogP contribution in [0.15, 0.2) is 4.21 Å². The fourth-order valence-electron chi connectivity index (χ4n) is 0.763. The Hall–Kier alpha value is -0.340. The van der Waals surface area contributed by atoms with Crippen molar-refractivity contribution in [2.45, 2.75) is 10.2 Å². The SMILES string of the molecule is CNc1nc(C(O)(O)O)c(SC)s1. The maximum Gasteiger partial charge on any atom is 0.324 e. The van der Waals surface area contributed by atoms with Crippen LogP contribution in [0.2, 0.25) is 0 Å². The minimum atomic E-state index is -2.86. The molecule has 1 aromatic heterocycles. The van der Waals surface area contributed by atoms with E-state index >= 15 is 0 Å². The predicted molar refractivity (Wildman–Crippen MR) is 51.8 cm³/mol.